The minimum absolute atomic E-state index is 0.271. The molecule has 0 saturated carbocycles. The van der Waals surface area contributed by atoms with Gasteiger partial charge in [-0.05, 0) is 29.8 Å². The Balaban J connectivity index is 2.00. The summed E-state index contributed by atoms with van der Waals surface area (Å²) in [6, 6.07) is 9.83. The van der Waals surface area contributed by atoms with Crippen LogP contribution in [0, 0.1) is 5.82 Å². The van der Waals surface area contributed by atoms with Gasteiger partial charge < -0.3 is 9.47 Å². The van der Waals surface area contributed by atoms with Crippen molar-refractivity contribution in [1.82, 2.24) is 0 Å². The smallest absolute Gasteiger partial charge is 0.161 e. The summed E-state index contributed by atoms with van der Waals surface area (Å²) >= 11 is 12.4. The van der Waals surface area contributed by atoms with Crippen molar-refractivity contribution in [2.75, 3.05) is 13.2 Å². The first-order valence-electron chi connectivity index (χ1n) is 6.14. The van der Waals surface area contributed by atoms with Gasteiger partial charge in [0.25, 0.3) is 0 Å². The summed E-state index contributed by atoms with van der Waals surface area (Å²) in [6.45, 7) is 1.01. The van der Waals surface area contributed by atoms with Crippen LogP contribution in [0.3, 0.4) is 0 Å². The minimum atomic E-state index is -0.681. The molecular formula is C15H11Cl2FO2. The molecule has 0 spiro atoms. The quantitative estimate of drug-likeness (QED) is 0.756. The third-order valence-corrected chi connectivity index (χ3v) is 3.91. The van der Waals surface area contributed by atoms with Gasteiger partial charge in [0, 0.05) is 10.6 Å². The SMILES string of the molecule is Fc1cccc(Cl)c1C(Cl)c1ccc2c(c1)OCCO2. The van der Waals surface area contributed by atoms with Crippen molar-refractivity contribution >= 4 is 23.2 Å². The largest absolute Gasteiger partial charge is 0.486 e. The van der Waals surface area contributed by atoms with E-state index in [-0.39, 0.29) is 5.56 Å². The standard InChI is InChI=1S/C15H11Cl2FO2/c16-10-2-1-3-11(18)14(10)15(17)9-4-5-12-13(8-9)20-7-6-19-12/h1-5,8,15H,6-7H2. The van der Waals surface area contributed by atoms with E-state index in [9.17, 15) is 4.39 Å². The first-order valence-corrected chi connectivity index (χ1v) is 6.96. The van der Waals surface area contributed by atoms with E-state index >= 15 is 0 Å². The Morgan fingerprint density at radius 1 is 1.05 bits per heavy atom. The van der Waals surface area contributed by atoms with Crippen LogP contribution < -0.4 is 9.47 Å². The van der Waals surface area contributed by atoms with E-state index in [1.165, 1.54) is 6.07 Å². The van der Waals surface area contributed by atoms with E-state index in [0.29, 0.717) is 35.3 Å². The van der Waals surface area contributed by atoms with Crippen molar-refractivity contribution in [2.45, 2.75) is 5.38 Å². The van der Waals surface area contributed by atoms with Crippen LogP contribution in [0.1, 0.15) is 16.5 Å². The van der Waals surface area contributed by atoms with Crippen LogP contribution in [0.25, 0.3) is 0 Å². The fraction of sp³-hybridized carbons (Fsp3) is 0.200. The maximum absolute atomic E-state index is 13.9. The minimum Gasteiger partial charge on any atom is -0.486 e. The fourth-order valence-electron chi connectivity index (χ4n) is 2.14. The van der Waals surface area contributed by atoms with Gasteiger partial charge in [0.15, 0.2) is 11.5 Å². The van der Waals surface area contributed by atoms with Crippen LogP contribution in [0.15, 0.2) is 36.4 Å². The Morgan fingerprint density at radius 3 is 2.55 bits per heavy atom. The van der Waals surface area contributed by atoms with Crippen LogP contribution in [0.4, 0.5) is 4.39 Å². The fourth-order valence-corrected chi connectivity index (χ4v) is 2.82. The van der Waals surface area contributed by atoms with E-state index < -0.39 is 11.2 Å². The molecule has 3 rings (SSSR count). The first kappa shape index (κ1) is 13.5. The third kappa shape index (κ3) is 2.43. The van der Waals surface area contributed by atoms with E-state index in [0.717, 1.165) is 0 Å². The summed E-state index contributed by atoms with van der Waals surface area (Å²) in [7, 11) is 0. The molecule has 2 nitrogen and oxygen atoms in total. The zero-order valence-electron chi connectivity index (χ0n) is 10.4. The van der Waals surface area contributed by atoms with Crippen LogP contribution in [0.2, 0.25) is 5.02 Å². The van der Waals surface area contributed by atoms with Crippen LogP contribution in [-0.2, 0) is 0 Å². The van der Waals surface area contributed by atoms with Gasteiger partial charge in [-0.3, -0.25) is 0 Å². The molecule has 0 aliphatic carbocycles. The second-order valence-electron chi connectivity index (χ2n) is 4.40. The van der Waals surface area contributed by atoms with Gasteiger partial charge >= 0.3 is 0 Å². The first-order chi connectivity index (χ1) is 9.66. The highest BCUT2D eigenvalue weighted by Crippen LogP contribution is 2.39. The van der Waals surface area contributed by atoms with Gasteiger partial charge in [-0.2, -0.15) is 0 Å². The monoisotopic (exact) mass is 312 g/mol. The summed E-state index contributed by atoms with van der Waals surface area (Å²) < 4.78 is 24.8. The molecule has 1 atom stereocenters. The topological polar surface area (TPSA) is 18.5 Å². The molecule has 0 radical (unpaired) electrons. The summed E-state index contributed by atoms with van der Waals surface area (Å²) in [6.07, 6.45) is 0. The number of rotatable bonds is 2. The van der Waals surface area contributed by atoms with Crippen LogP contribution in [0.5, 0.6) is 11.5 Å². The van der Waals surface area contributed by atoms with E-state index in [4.69, 9.17) is 32.7 Å². The lowest BCUT2D eigenvalue weighted by Crippen LogP contribution is -2.15. The molecule has 1 aliphatic rings. The molecule has 0 saturated heterocycles. The molecule has 0 amide bonds. The molecule has 1 aliphatic heterocycles. The molecule has 104 valence electrons. The zero-order chi connectivity index (χ0) is 14.1. The van der Waals surface area contributed by atoms with Crippen molar-refractivity contribution in [1.29, 1.82) is 0 Å². The number of fused-ring (bicyclic) bond motifs is 1. The van der Waals surface area contributed by atoms with Gasteiger partial charge in [-0.1, -0.05) is 23.7 Å². The number of hydrogen-bond donors (Lipinski definition) is 0. The van der Waals surface area contributed by atoms with E-state index in [2.05, 4.69) is 0 Å². The Labute approximate surface area is 126 Å². The highest BCUT2D eigenvalue weighted by molar-refractivity contribution is 6.33. The number of hydrogen-bond acceptors (Lipinski definition) is 2. The van der Waals surface area contributed by atoms with Gasteiger partial charge in [0.2, 0.25) is 0 Å². The lowest BCUT2D eigenvalue weighted by Gasteiger charge is -2.20. The van der Waals surface area contributed by atoms with Crippen LogP contribution in [-0.4, -0.2) is 13.2 Å². The summed E-state index contributed by atoms with van der Waals surface area (Å²) in [5.41, 5.74) is 0.982. The molecule has 0 N–H and O–H groups in total. The Bertz CT molecular complexity index is 626. The highest BCUT2D eigenvalue weighted by Gasteiger charge is 2.21. The van der Waals surface area contributed by atoms with Gasteiger partial charge in [-0.15, -0.1) is 11.6 Å². The van der Waals surface area contributed by atoms with Crippen molar-refractivity contribution in [3.05, 3.63) is 58.4 Å². The predicted molar refractivity (Wildman–Crippen MR) is 76.5 cm³/mol. The molecule has 5 heteroatoms. The summed E-state index contributed by atoms with van der Waals surface area (Å²) in [4.78, 5) is 0. The molecule has 1 heterocycles. The maximum Gasteiger partial charge on any atom is 0.161 e. The molecule has 0 aromatic heterocycles. The van der Waals surface area contributed by atoms with E-state index in [1.807, 2.05) is 0 Å². The van der Waals surface area contributed by atoms with Gasteiger partial charge in [-0.25, -0.2) is 4.39 Å². The summed E-state index contributed by atoms with van der Waals surface area (Å²) in [5.74, 6) is 0.864. The zero-order valence-corrected chi connectivity index (χ0v) is 11.9. The van der Waals surface area contributed by atoms with Crippen molar-refractivity contribution in [3.63, 3.8) is 0 Å². The average molecular weight is 313 g/mol. The lowest BCUT2D eigenvalue weighted by molar-refractivity contribution is 0.171. The summed E-state index contributed by atoms with van der Waals surface area (Å²) in [5, 5.41) is -0.376. The Morgan fingerprint density at radius 2 is 1.80 bits per heavy atom. The second-order valence-corrected chi connectivity index (χ2v) is 5.24. The molecule has 2 aromatic carbocycles. The second kappa shape index (κ2) is 5.51. The van der Waals surface area contributed by atoms with Gasteiger partial charge in [0.05, 0.1) is 5.38 Å². The van der Waals surface area contributed by atoms with Crippen molar-refractivity contribution in [3.8, 4) is 11.5 Å². The van der Waals surface area contributed by atoms with Crippen molar-refractivity contribution in [2.24, 2.45) is 0 Å². The number of benzene rings is 2. The molecule has 0 fully saturated rings. The normalized spacial score (nSPS) is 14.9. The Kier molecular flexibility index (Phi) is 3.72. The molecule has 1 unspecified atom stereocenters. The molecule has 2 aromatic rings. The Hall–Kier alpha value is -1.45. The van der Waals surface area contributed by atoms with Crippen LogP contribution >= 0.6 is 23.2 Å². The molecule has 20 heavy (non-hydrogen) atoms. The number of ether oxygens (including phenoxy) is 2. The highest BCUT2D eigenvalue weighted by atomic mass is 35.5. The number of halogens is 3. The van der Waals surface area contributed by atoms with E-state index in [1.54, 1.807) is 30.3 Å². The molecule has 0 bridgehead atoms. The molecular weight excluding hydrogens is 302 g/mol. The van der Waals surface area contributed by atoms with Gasteiger partial charge in [0.1, 0.15) is 19.0 Å². The predicted octanol–water partition coefficient (Wildman–Crippen LogP) is 4.58. The number of alkyl halides is 1. The lowest BCUT2D eigenvalue weighted by atomic mass is 10.0. The maximum atomic E-state index is 13.9. The third-order valence-electron chi connectivity index (χ3n) is 3.11. The van der Waals surface area contributed by atoms with Crippen molar-refractivity contribution < 1.29 is 13.9 Å². The average Bonchev–Trinajstić information content (AvgIpc) is 2.46.